The van der Waals surface area contributed by atoms with E-state index in [4.69, 9.17) is 14.0 Å². The van der Waals surface area contributed by atoms with Crippen LogP contribution >= 0.6 is 0 Å². The molecule has 1 aromatic carbocycles. The van der Waals surface area contributed by atoms with E-state index < -0.39 is 6.03 Å². The zero-order valence-corrected chi connectivity index (χ0v) is 21.5. The molecule has 10 nitrogen and oxygen atoms in total. The smallest absolute Gasteiger partial charge is 0.324 e. The molecule has 2 N–H and O–H groups in total. The first-order valence-corrected chi connectivity index (χ1v) is 12.3. The van der Waals surface area contributed by atoms with Crippen LogP contribution in [0.25, 0.3) is 0 Å². The minimum absolute atomic E-state index is 0.113. The fraction of sp³-hybridized carbons (Fsp3) is 0.407. The van der Waals surface area contributed by atoms with Crippen molar-refractivity contribution in [2.45, 2.75) is 32.6 Å². The highest BCUT2D eigenvalue weighted by Crippen LogP contribution is 2.24. The zero-order chi connectivity index (χ0) is 26.3. The molecule has 0 aliphatic carbocycles. The first-order valence-electron chi connectivity index (χ1n) is 12.3. The summed E-state index contributed by atoms with van der Waals surface area (Å²) in [5, 5.41) is 9.28. The van der Waals surface area contributed by atoms with Crippen LogP contribution in [0.4, 0.5) is 16.3 Å². The number of aromatic nitrogens is 2. The predicted octanol–water partition coefficient (Wildman–Crippen LogP) is 4.15. The highest BCUT2D eigenvalue weighted by atomic mass is 16.5. The highest BCUT2D eigenvalue weighted by molar-refractivity contribution is 5.99. The van der Waals surface area contributed by atoms with Crippen LogP contribution in [0.2, 0.25) is 0 Å². The molecule has 196 valence electrons. The number of rotatable bonds is 9. The van der Waals surface area contributed by atoms with Gasteiger partial charge in [0.2, 0.25) is 5.88 Å². The maximum atomic E-state index is 12.8. The standard InChI is InChI=1S/C27H33N5O5/c1-27(2,3)23-18-24(31-37-23)30-26(34)28-20-9-7-19(8-10-20)17-22(33)21-5-4-6-25(29-21)36-16-13-32-11-14-35-15-12-32/h4-10,18H,11-17H2,1-3H3,(H2,28,30,31,34). The Morgan fingerprint density at radius 1 is 1.05 bits per heavy atom. The summed E-state index contributed by atoms with van der Waals surface area (Å²) in [4.78, 5) is 31.7. The van der Waals surface area contributed by atoms with E-state index in [1.54, 1.807) is 48.5 Å². The van der Waals surface area contributed by atoms with Gasteiger partial charge in [0, 0.05) is 49.3 Å². The molecule has 3 aromatic rings. The van der Waals surface area contributed by atoms with E-state index in [1.165, 1.54) is 0 Å². The lowest BCUT2D eigenvalue weighted by atomic mass is 9.93. The van der Waals surface area contributed by atoms with Crippen molar-refractivity contribution < 1.29 is 23.6 Å². The summed E-state index contributed by atoms with van der Waals surface area (Å²) in [6.07, 6.45) is 0.186. The average Bonchev–Trinajstić information content (AvgIpc) is 3.35. The number of nitrogens with one attached hydrogen (secondary N) is 2. The van der Waals surface area contributed by atoms with Gasteiger partial charge in [-0.15, -0.1) is 0 Å². The molecule has 2 amide bonds. The molecular formula is C27H33N5O5. The second-order valence-electron chi connectivity index (χ2n) is 9.87. The third kappa shape index (κ3) is 7.86. The molecule has 4 rings (SSSR count). The van der Waals surface area contributed by atoms with Gasteiger partial charge in [-0.2, -0.15) is 0 Å². The van der Waals surface area contributed by atoms with Gasteiger partial charge in [0.25, 0.3) is 0 Å². The zero-order valence-electron chi connectivity index (χ0n) is 21.5. The van der Waals surface area contributed by atoms with Crippen molar-refractivity contribution in [2.24, 2.45) is 0 Å². The molecule has 0 spiro atoms. The summed E-state index contributed by atoms with van der Waals surface area (Å²) < 4.78 is 16.4. The molecule has 37 heavy (non-hydrogen) atoms. The van der Waals surface area contributed by atoms with E-state index in [-0.39, 0.29) is 17.6 Å². The van der Waals surface area contributed by atoms with Crippen molar-refractivity contribution in [3.05, 3.63) is 65.5 Å². The van der Waals surface area contributed by atoms with Crippen LogP contribution < -0.4 is 15.4 Å². The first-order chi connectivity index (χ1) is 17.8. The second kappa shape index (κ2) is 12.0. The van der Waals surface area contributed by atoms with Crippen molar-refractivity contribution in [1.82, 2.24) is 15.0 Å². The van der Waals surface area contributed by atoms with E-state index in [0.717, 1.165) is 38.4 Å². The Bertz CT molecular complexity index is 1200. The van der Waals surface area contributed by atoms with Gasteiger partial charge in [-0.1, -0.05) is 44.1 Å². The topological polar surface area (TPSA) is 119 Å². The minimum atomic E-state index is -0.438. The lowest BCUT2D eigenvalue weighted by Crippen LogP contribution is -2.38. The monoisotopic (exact) mass is 507 g/mol. The van der Waals surface area contributed by atoms with Gasteiger partial charge in [0.15, 0.2) is 11.6 Å². The van der Waals surface area contributed by atoms with E-state index >= 15 is 0 Å². The SMILES string of the molecule is CC(C)(C)c1cc(NC(=O)Nc2ccc(CC(=O)c3cccc(OCCN4CCOCC4)n3)cc2)no1. The third-order valence-corrected chi connectivity index (χ3v) is 5.84. The van der Waals surface area contributed by atoms with Gasteiger partial charge in [-0.3, -0.25) is 15.0 Å². The number of anilines is 2. The summed E-state index contributed by atoms with van der Waals surface area (Å²) in [7, 11) is 0. The van der Waals surface area contributed by atoms with Gasteiger partial charge in [-0.05, 0) is 23.8 Å². The van der Waals surface area contributed by atoms with Crippen molar-refractivity contribution in [2.75, 3.05) is 50.1 Å². The number of carbonyl (C=O) groups excluding carboxylic acids is 2. The summed E-state index contributed by atoms with van der Waals surface area (Å²) in [5.74, 6) is 1.34. The van der Waals surface area contributed by atoms with Gasteiger partial charge in [0.1, 0.15) is 18.1 Å². The van der Waals surface area contributed by atoms with Crippen LogP contribution in [0.5, 0.6) is 5.88 Å². The molecule has 3 heterocycles. The summed E-state index contributed by atoms with van der Waals surface area (Å²) in [5.41, 5.74) is 1.54. The van der Waals surface area contributed by atoms with Gasteiger partial charge in [-0.25, -0.2) is 9.78 Å². The summed E-state index contributed by atoms with van der Waals surface area (Å²) in [6.45, 7) is 10.6. The lowest BCUT2D eigenvalue weighted by Gasteiger charge is -2.26. The number of carbonyl (C=O) groups is 2. The van der Waals surface area contributed by atoms with E-state index in [1.807, 2.05) is 20.8 Å². The Morgan fingerprint density at radius 3 is 2.51 bits per heavy atom. The van der Waals surface area contributed by atoms with Crippen LogP contribution in [0.15, 0.2) is 53.1 Å². The Labute approximate surface area is 216 Å². The Balaban J connectivity index is 1.25. The minimum Gasteiger partial charge on any atom is -0.476 e. The molecule has 0 atom stereocenters. The number of ketones is 1. The third-order valence-electron chi connectivity index (χ3n) is 5.84. The number of ether oxygens (including phenoxy) is 2. The molecule has 1 saturated heterocycles. The van der Waals surface area contributed by atoms with Crippen LogP contribution in [0.1, 0.15) is 42.6 Å². The Kier molecular flexibility index (Phi) is 8.52. The summed E-state index contributed by atoms with van der Waals surface area (Å²) in [6, 6.07) is 13.5. The Hall–Kier alpha value is -3.76. The van der Waals surface area contributed by atoms with E-state index in [0.29, 0.717) is 35.4 Å². The highest BCUT2D eigenvalue weighted by Gasteiger charge is 2.20. The van der Waals surface area contributed by atoms with Crippen LogP contribution in [0.3, 0.4) is 0 Å². The molecular weight excluding hydrogens is 474 g/mol. The normalized spacial score (nSPS) is 14.2. The number of benzene rings is 1. The largest absolute Gasteiger partial charge is 0.476 e. The maximum Gasteiger partial charge on any atom is 0.324 e. The van der Waals surface area contributed by atoms with Gasteiger partial charge < -0.3 is 19.3 Å². The number of morpholine rings is 1. The number of hydrogen-bond acceptors (Lipinski definition) is 8. The molecule has 2 aromatic heterocycles. The van der Waals surface area contributed by atoms with Crippen LogP contribution in [-0.2, 0) is 16.6 Å². The fourth-order valence-corrected chi connectivity index (χ4v) is 3.70. The van der Waals surface area contributed by atoms with Crippen molar-refractivity contribution in [3.8, 4) is 5.88 Å². The molecule has 0 unspecified atom stereocenters. The maximum absolute atomic E-state index is 12.8. The van der Waals surface area contributed by atoms with Gasteiger partial charge >= 0.3 is 6.03 Å². The number of Topliss-reactive ketones (excluding diaryl/α,β-unsaturated/α-hetero) is 1. The molecule has 0 radical (unpaired) electrons. The second-order valence-corrected chi connectivity index (χ2v) is 9.87. The first kappa shape index (κ1) is 26.3. The lowest BCUT2D eigenvalue weighted by molar-refractivity contribution is 0.0320. The van der Waals surface area contributed by atoms with Crippen molar-refractivity contribution in [1.29, 1.82) is 0 Å². The van der Waals surface area contributed by atoms with Gasteiger partial charge in [0.05, 0.1) is 13.2 Å². The van der Waals surface area contributed by atoms with E-state index in [9.17, 15) is 9.59 Å². The predicted molar refractivity (Wildman–Crippen MR) is 139 cm³/mol. The van der Waals surface area contributed by atoms with Crippen LogP contribution in [0, 0.1) is 0 Å². The number of nitrogens with zero attached hydrogens (tertiary/aromatic N) is 3. The van der Waals surface area contributed by atoms with Crippen molar-refractivity contribution in [3.63, 3.8) is 0 Å². The number of hydrogen-bond donors (Lipinski definition) is 2. The molecule has 1 aliphatic rings. The average molecular weight is 508 g/mol. The van der Waals surface area contributed by atoms with E-state index in [2.05, 4.69) is 25.7 Å². The fourth-order valence-electron chi connectivity index (χ4n) is 3.70. The number of amides is 2. The Morgan fingerprint density at radius 2 is 1.81 bits per heavy atom. The van der Waals surface area contributed by atoms with Crippen molar-refractivity contribution >= 4 is 23.3 Å². The molecule has 0 saturated carbocycles. The molecule has 0 bridgehead atoms. The van der Waals surface area contributed by atoms with Crippen LogP contribution in [-0.4, -0.2) is 66.3 Å². The molecule has 1 fully saturated rings. The molecule has 1 aliphatic heterocycles. The molecule has 10 heteroatoms. The summed E-state index contributed by atoms with van der Waals surface area (Å²) >= 11 is 0. The quantitative estimate of drug-likeness (QED) is 0.415. The number of urea groups is 1. The number of pyridine rings is 1.